The van der Waals surface area contributed by atoms with E-state index in [0.29, 0.717) is 17.5 Å². The van der Waals surface area contributed by atoms with Crippen LogP contribution in [-0.4, -0.2) is 12.5 Å². The fourth-order valence-electron chi connectivity index (χ4n) is 1.73. The molecule has 0 unspecified atom stereocenters. The maximum absolute atomic E-state index is 13.6. The Morgan fingerprint density at radius 3 is 2.76 bits per heavy atom. The lowest BCUT2D eigenvalue weighted by molar-refractivity contribution is 0.1000. The third kappa shape index (κ3) is 3.03. The standard InChI is InChI=1S/C13H17FN2O/c1-13(4-5-13)8-16-7-10-3-2-9(12(15)17)6-11(10)14/h2-3,6,16H,4-5,7-8H2,1H3,(H2,15,17). The van der Waals surface area contributed by atoms with Crippen LogP contribution >= 0.6 is 0 Å². The summed E-state index contributed by atoms with van der Waals surface area (Å²) in [6.07, 6.45) is 2.48. The van der Waals surface area contributed by atoms with Gasteiger partial charge >= 0.3 is 0 Å². The van der Waals surface area contributed by atoms with Crippen LogP contribution in [0.2, 0.25) is 0 Å². The summed E-state index contributed by atoms with van der Waals surface area (Å²) in [5.41, 5.74) is 6.26. The van der Waals surface area contributed by atoms with E-state index < -0.39 is 5.91 Å². The third-order valence-electron chi connectivity index (χ3n) is 3.31. The van der Waals surface area contributed by atoms with Crippen LogP contribution in [0.15, 0.2) is 18.2 Å². The number of halogens is 1. The second-order valence-electron chi connectivity index (χ2n) is 5.08. The van der Waals surface area contributed by atoms with Crippen LogP contribution in [0.5, 0.6) is 0 Å². The number of rotatable bonds is 5. The SMILES string of the molecule is CC1(CNCc2ccc(C(N)=O)cc2F)CC1. The minimum atomic E-state index is -0.603. The maximum Gasteiger partial charge on any atom is 0.248 e. The Balaban J connectivity index is 1.94. The third-order valence-corrected chi connectivity index (χ3v) is 3.31. The molecule has 1 aromatic carbocycles. The van der Waals surface area contributed by atoms with Crippen LogP contribution in [0.25, 0.3) is 0 Å². The van der Waals surface area contributed by atoms with Crippen molar-refractivity contribution in [2.75, 3.05) is 6.54 Å². The van der Waals surface area contributed by atoms with E-state index >= 15 is 0 Å². The second kappa shape index (κ2) is 4.45. The monoisotopic (exact) mass is 236 g/mol. The first-order chi connectivity index (χ1) is 8.00. The van der Waals surface area contributed by atoms with Crippen molar-refractivity contribution in [2.45, 2.75) is 26.3 Å². The lowest BCUT2D eigenvalue weighted by Crippen LogP contribution is -2.22. The second-order valence-corrected chi connectivity index (χ2v) is 5.08. The predicted molar refractivity (Wildman–Crippen MR) is 64.0 cm³/mol. The highest BCUT2D eigenvalue weighted by Gasteiger charge is 2.36. The Hall–Kier alpha value is -1.42. The van der Waals surface area contributed by atoms with E-state index in [1.165, 1.54) is 18.9 Å². The Kier molecular flexibility index (Phi) is 3.15. The van der Waals surface area contributed by atoms with Crippen LogP contribution < -0.4 is 11.1 Å². The molecule has 2 rings (SSSR count). The number of hydrogen-bond acceptors (Lipinski definition) is 2. The van der Waals surface area contributed by atoms with Crippen molar-refractivity contribution in [3.63, 3.8) is 0 Å². The summed E-state index contributed by atoms with van der Waals surface area (Å²) in [7, 11) is 0. The van der Waals surface area contributed by atoms with Crippen LogP contribution in [0.4, 0.5) is 4.39 Å². The Morgan fingerprint density at radius 1 is 1.53 bits per heavy atom. The molecule has 0 atom stereocenters. The maximum atomic E-state index is 13.6. The van der Waals surface area contributed by atoms with E-state index in [0.717, 1.165) is 6.54 Å². The molecule has 0 heterocycles. The minimum Gasteiger partial charge on any atom is -0.366 e. The molecule has 1 aromatic rings. The molecule has 0 saturated heterocycles. The van der Waals surface area contributed by atoms with Gasteiger partial charge in [0.25, 0.3) is 0 Å². The Morgan fingerprint density at radius 2 is 2.24 bits per heavy atom. The number of nitrogens with one attached hydrogen (secondary N) is 1. The predicted octanol–water partition coefficient (Wildman–Crippen LogP) is 1.81. The van der Waals surface area contributed by atoms with Crippen molar-refractivity contribution >= 4 is 5.91 Å². The first-order valence-electron chi connectivity index (χ1n) is 5.79. The summed E-state index contributed by atoms with van der Waals surface area (Å²) in [6, 6.07) is 4.36. The van der Waals surface area contributed by atoms with E-state index in [1.54, 1.807) is 12.1 Å². The van der Waals surface area contributed by atoms with Gasteiger partial charge in [0.1, 0.15) is 5.82 Å². The summed E-state index contributed by atoms with van der Waals surface area (Å²) in [6.45, 7) is 3.61. The number of carbonyl (C=O) groups is 1. The average molecular weight is 236 g/mol. The van der Waals surface area contributed by atoms with Crippen molar-refractivity contribution in [3.8, 4) is 0 Å². The van der Waals surface area contributed by atoms with Crippen molar-refractivity contribution in [1.29, 1.82) is 0 Å². The van der Waals surface area contributed by atoms with Gasteiger partial charge in [-0.05, 0) is 30.4 Å². The normalized spacial score (nSPS) is 16.8. The molecule has 1 fully saturated rings. The quantitative estimate of drug-likeness (QED) is 0.819. The number of hydrogen-bond donors (Lipinski definition) is 2. The fourth-order valence-corrected chi connectivity index (χ4v) is 1.73. The molecular formula is C13H17FN2O. The average Bonchev–Trinajstić information content (AvgIpc) is 2.99. The highest BCUT2D eigenvalue weighted by molar-refractivity contribution is 5.92. The molecule has 0 spiro atoms. The van der Waals surface area contributed by atoms with Crippen LogP contribution in [-0.2, 0) is 6.54 Å². The number of nitrogens with two attached hydrogens (primary N) is 1. The summed E-state index contributed by atoms with van der Waals surface area (Å²) < 4.78 is 13.6. The molecule has 4 heteroatoms. The highest BCUT2D eigenvalue weighted by atomic mass is 19.1. The molecule has 92 valence electrons. The van der Waals surface area contributed by atoms with Gasteiger partial charge < -0.3 is 11.1 Å². The summed E-state index contributed by atoms with van der Waals surface area (Å²) in [5.74, 6) is -0.983. The van der Waals surface area contributed by atoms with Gasteiger partial charge in [-0.15, -0.1) is 0 Å². The highest BCUT2D eigenvalue weighted by Crippen LogP contribution is 2.44. The van der Waals surface area contributed by atoms with E-state index in [4.69, 9.17) is 5.73 Å². The molecule has 3 N–H and O–H groups in total. The van der Waals surface area contributed by atoms with E-state index in [-0.39, 0.29) is 11.4 Å². The lowest BCUT2D eigenvalue weighted by atomic mass is 10.1. The molecule has 1 aliphatic carbocycles. The van der Waals surface area contributed by atoms with Crippen LogP contribution in [0, 0.1) is 11.2 Å². The van der Waals surface area contributed by atoms with Gasteiger partial charge in [-0.2, -0.15) is 0 Å². The first kappa shape index (κ1) is 12.0. The number of benzene rings is 1. The van der Waals surface area contributed by atoms with Gasteiger partial charge in [0.15, 0.2) is 0 Å². The van der Waals surface area contributed by atoms with Gasteiger partial charge in [-0.1, -0.05) is 13.0 Å². The van der Waals surface area contributed by atoms with Gasteiger partial charge in [-0.25, -0.2) is 4.39 Å². The molecule has 1 saturated carbocycles. The lowest BCUT2D eigenvalue weighted by Gasteiger charge is -2.10. The molecule has 17 heavy (non-hydrogen) atoms. The van der Waals surface area contributed by atoms with Crippen LogP contribution in [0.3, 0.4) is 0 Å². The number of amides is 1. The van der Waals surface area contributed by atoms with E-state index in [9.17, 15) is 9.18 Å². The zero-order chi connectivity index (χ0) is 12.5. The smallest absolute Gasteiger partial charge is 0.248 e. The molecule has 0 aromatic heterocycles. The zero-order valence-electron chi connectivity index (χ0n) is 9.92. The van der Waals surface area contributed by atoms with Gasteiger partial charge in [-0.3, -0.25) is 4.79 Å². The minimum absolute atomic E-state index is 0.209. The van der Waals surface area contributed by atoms with E-state index in [2.05, 4.69) is 12.2 Å². The molecule has 1 aliphatic rings. The van der Waals surface area contributed by atoms with Crippen molar-refractivity contribution < 1.29 is 9.18 Å². The topological polar surface area (TPSA) is 55.1 Å². The summed E-state index contributed by atoms with van der Waals surface area (Å²) in [4.78, 5) is 10.9. The van der Waals surface area contributed by atoms with Crippen LogP contribution in [0.1, 0.15) is 35.7 Å². The zero-order valence-corrected chi connectivity index (χ0v) is 9.92. The summed E-state index contributed by atoms with van der Waals surface area (Å²) >= 11 is 0. The largest absolute Gasteiger partial charge is 0.366 e. The fraction of sp³-hybridized carbons (Fsp3) is 0.462. The molecule has 0 bridgehead atoms. The Bertz CT molecular complexity index is 441. The summed E-state index contributed by atoms with van der Waals surface area (Å²) in [5, 5.41) is 3.24. The molecule has 1 amide bonds. The first-order valence-corrected chi connectivity index (χ1v) is 5.79. The molecule has 3 nitrogen and oxygen atoms in total. The number of primary amides is 1. The van der Waals surface area contributed by atoms with Gasteiger partial charge in [0.05, 0.1) is 0 Å². The van der Waals surface area contributed by atoms with Crippen molar-refractivity contribution in [2.24, 2.45) is 11.1 Å². The Labute approximate surface area is 100 Å². The number of carbonyl (C=O) groups excluding carboxylic acids is 1. The molecule has 0 radical (unpaired) electrons. The van der Waals surface area contributed by atoms with Gasteiger partial charge in [0.2, 0.25) is 5.91 Å². The van der Waals surface area contributed by atoms with Gasteiger partial charge in [0, 0.05) is 24.2 Å². The molecular weight excluding hydrogens is 219 g/mol. The van der Waals surface area contributed by atoms with Crippen molar-refractivity contribution in [3.05, 3.63) is 35.1 Å². The molecule has 0 aliphatic heterocycles. The van der Waals surface area contributed by atoms with Crippen molar-refractivity contribution in [1.82, 2.24) is 5.32 Å². The van der Waals surface area contributed by atoms with E-state index in [1.807, 2.05) is 0 Å².